The van der Waals surface area contributed by atoms with E-state index in [2.05, 4.69) is 53.7 Å². The summed E-state index contributed by atoms with van der Waals surface area (Å²) in [5.74, 6) is 0. The van der Waals surface area contributed by atoms with Crippen LogP contribution in [0.15, 0.2) is 24.3 Å². The van der Waals surface area contributed by atoms with Crippen LogP contribution in [0.5, 0.6) is 0 Å². The molecule has 0 atom stereocenters. The Morgan fingerprint density at radius 2 is 0.857 bits per heavy atom. The number of nitrogens with zero attached hydrogens (tertiary/aromatic N) is 8. The van der Waals surface area contributed by atoms with Crippen molar-refractivity contribution in [3.05, 3.63) is 35.4 Å². The molecule has 8 aliphatic heterocycles. The summed E-state index contributed by atoms with van der Waals surface area (Å²) in [7, 11) is 0. The molecule has 0 N–H and O–H groups in total. The molecule has 0 amide bonds. The van der Waals surface area contributed by atoms with E-state index in [1.165, 1.54) is 113 Å². The zero-order valence-corrected chi connectivity index (χ0v) is 16.8. The van der Waals surface area contributed by atoms with Crippen LogP contribution in [0.25, 0.3) is 0 Å². The Balaban J connectivity index is 1.12. The highest BCUT2D eigenvalue weighted by molar-refractivity contribution is 5.22. The predicted octanol–water partition coefficient (Wildman–Crippen LogP) is -0.296. The van der Waals surface area contributed by atoms with Gasteiger partial charge in [0.05, 0.1) is 40.0 Å². The van der Waals surface area contributed by atoms with Gasteiger partial charge < -0.3 is 0 Å². The second kappa shape index (κ2) is 5.74. The molecule has 0 aromatic heterocycles. The second-order valence-corrected chi connectivity index (χ2v) is 10.5. The first-order valence-corrected chi connectivity index (χ1v) is 10.8. The first-order valence-electron chi connectivity index (χ1n) is 10.8. The minimum Gasteiger partial charge on any atom is -0.282 e. The SMILES string of the molecule is c1cc(C[N+]23CN4CN(CN(C4)C2)C3)cc(C[N+]23CN4CN(CN(C4)C2)C3)c1. The third-order valence-corrected chi connectivity index (χ3v) is 7.43. The highest BCUT2D eigenvalue weighted by Gasteiger charge is 2.49. The molecule has 0 saturated carbocycles. The maximum absolute atomic E-state index is 2.62. The summed E-state index contributed by atoms with van der Waals surface area (Å²) in [4.78, 5) is 15.7. The third kappa shape index (κ3) is 2.68. The van der Waals surface area contributed by atoms with Gasteiger partial charge in [-0.15, -0.1) is 0 Å². The van der Waals surface area contributed by atoms with E-state index in [4.69, 9.17) is 0 Å². The number of hydrogen-bond acceptors (Lipinski definition) is 6. The molecule has 150 valence electrons. The molecule has 8 heteroatoms. The van der Waals surface area contributed by atoms with Gasteiger partial charge in [0.2, 0.25) is 0 Å². The molecule has 1 aromatic carbocycles. The van der Waals surface area contributed by atoms with E-state index in [1.54, 1.807) is 0 Å². The van der Waals surface area contributed by atoms with Gasteiger partial charge in [0.25, 0.3) is 0 Å². The summed E-state index contributed by atoms with van der Waals surface area (Å²) in [6.07, 6.45) is 0. The summed E-state index contributed by atoms with van der Waals surface area (Å²) < 4.78 is 2.39. The zero-order valence-electron chi connectivity index (χ0n) is 16.8. The van der Waals surface area contributed by atoms with Crippen molar-refractivity contribution in [1.29, 1.82) is 0 Å². The molecule has 1 aromatic rings. The van der Waals surface area contributed by atoms with Crippen LogP contribution in [0.3, 0.4) is 0 Å². The van der Waals surface area contributed by atoms with Gasteiger partial charge >= 0.3 is 0 Å². The Kier molecular flexibility index (Phi) is 3.42. The first kappa shape index (κ1) is 16.7. The average Bonchev–Trinajstić information content (AvgIpc) is 2.58. The van der Waals surface area contributed by atoms with Crippen LogP contribution in [0.1, 0.15) is 11.1 Å². The summed E-state index contributed by atoms with van der Waals surface area (Å²) in [6, 6.07) is 9.56. The molecule has 8 aliphatic rings. The molecular weight excluding hydrogens is 352 g/mol. The van der Waals surface area contributed by atoms with Gasteiger partial charge in [-0.3, -0.25) is 8.97 Å². The van der Waals surface area contributed by atoms with Crippen molar-refractivity contribution in [2.45, 2.75) is 13.1 Å². The molecule has 0 unspecified atom stereocenters. The normalized spacial score (nSPS) is 50.4. The molecule has 0 spiro atoms. The van der Waals surface area contributed by atoms with Gasteiger partial charge in [-0.05, 0) is 6.07 Å². The van der Waals surface area contributed by atoms with E-state index in [0.29, 0.717) is 0 Å². The largest absolute Gasteiger partial charge is 0.282 e. The predicted molar refractivity (Wildman–Crippen MR) is 104 cm³/mol. The van der Waals surface area contributed by atoms with Crippen molar-refractivity contribution in [2.24, 2.45) is 0 Å². The monoisotopic (exact) mass is 384 g/mol. The Bertz CT molecular complexity index is 662. The summed E-state index contributed by atoms with van der Waals surface area (Å²) in [5.41, 5.74) is 3.05. The molecule has 8 saturated heterocycles. The van der Waals surface area contributed by atoms with Crippen LogP contribution in [0.2, 0.25) is 0 Å². The fourth-order valence-corrected chi connectivity index (χ4v) is 7.22. The topological polar surface area (TPSA) is 19.4 Å². The number of rotatable bonds is 4. The second-order valence-electron chi connectivity index (χ2n) is 10.5. The average molecular weight is 385 g/mol. The Labute approximate surface area is 167 Å². The van der Waals surface area contributed by atoms with E-state index < -0.39 is 0 Å². The first-order chi connectivity index (χ1) is 13.6. The molecule has 0 aliphatic carbocycles. The molecule has 8 heterocycles. The Morgan fingerprint density at radius 3 is 1.18 bits per heavy atom. The van der Waals surface area contributed by atoms with Gasteiger partial charge in [0.1, 0.15) is 53.1 Å². The molecule has 28 heavy (non-hydrogen) atoms. The van der Waals surface area contributed by atoms with Crippen molar-refractivity contribution < 1.29 is 8.97 Å². The quantitative estimate of drug-likeness (QED) is 0.660. The van der Waals surface area contributed by atoms with Crippen LogP contribution in [0.4, 0.5) is 0 Å². The lowest BCUT2D eigenvalue weighted by Crippen LogP contribution is -2.78. The summed E-state index contributed by atoms with van der Waals surface area (Å²) in [6.45, 7) is 16.6. The molecule has 8 fully saturated rings. The van der Waals surface area contributed by atoms with Gasteiger partial charge in [-0.25, -0.2) is 29.4 Å². The smallest absolute Gasteiger partial charge is 0.139 e. The van der Waals surface area contributed by atoms with E-state index in [-0.39, 0.29) is 0 Å². The van der Waals surface area contributed by atoms with E-state index in [1.807, 2.05) is 0 Å². The highest BCUT2D eigenvalue weighted by atomic mass is 15.7. The van der Waals surface area contributed by atoms with Crippen molar-refractivity contribution in [3.63, 3.8) is 0 Å². The lowest BCUT2D eigenvalue weighted by molar-refractivity contribution is -0.992. The molecule has 9 rings (SSSR count). The van der Waals surface area contributed by atoms with Gasteiger partial charge in [-0.1, -0.05) is 18.2 Å². The molecule has 8 nitrogen and oxygen atoms in total. The Hall–Kier alpha value is -1.10. The summed E-state index contributed by atoms with van der Waals surface area (Å²) in [5, 5.41) is 0. The molecular formula is C20H32N8+2. The van der Waals surface area contributed by atoms with Gasteiger partial charge in [0.15, 0.2) is 0 Å². The van der Waals surface area contributed by atoms with Crippen LogP contribution in [-0.2, 0) is 13.1 Å². The number of benzene rings is 1. The van der Waals surface area contributed by atoms with Crippen molar-refractivity contribution >= 4 is 0 Å². The molecule has 8 bridgehead atoms. The highest BCUT2D eigenvalue weighted by Crippen LogP contribution is 2.33. The molecule has 0 radical (unpaired) electrons. The van der Waals surface area contributed by atoms with E-state index >= 15 is 0 Å². The van der Waals surface area contributed by atoms with E-state index in [0.717, 1.165) is 0 Å². The third-order valence-electron chi connectivity index (χ3n) is 7.43. The number of quaternary nitrogens is 2. The van der Waals surface area contributed by atoms with Crippen LogP contribution >= 0.6 is 0 Å². The van der Waals surface area contributed by atoms with Crippen molar-refractivity contribution in [2.75, 3.05) is 80.0 Å². The zero-order chi connectivity index (χ0) is 18.3. The lowest BCUT2D eigenvalue weighted by atomic mass is 10.1. The van der Waals surface area contributed by atoms with Gasteiger partial charge in [0, 0.05) is 11.1 Å². The van der Waals surface area contributed by atoms with Crippen molar-refractivity contribution in [1.82, 2.24) is 29.4 Å². The fourth-order valence-electron chi connectivity index (χ4n) is 7.22. The minimum absolute atomic E-state index is 1.17. The maximum Gasteiger partial charge on any atom is 0.139 e. The Morgan fingerprint density at radius 1 is 0.536 bits per heavy atom. The number of hydrogen-bond donors (Lipinski definition) is 0. The standard InChI is InChI=1S/C20H32N8/c1-2-19(5-27-13-21-7-22(14-27)9-23(8-21)15-27)4-20(3-1)6-28-16-24-10-25(17-28)12-26(11-24)18-28/h1-4H,5-18H2/q+2. The van der Waals surface area contributed by atoms with Crippen LogP contribution in [0, 0.1) is 0 Å². The van der Waals surface area contributed by atoms with Crippen LogP contribution < -0.4 is 0 Å². The fraction of sp³-hybridized carbons (Fsp3) is 0.700. The van der Waals surface area contributed by atoms with Crippen molar-refractivity contribution in [3.8, 4) is 0 Å². The summed E-state index contributed by atoms with van der Waals surface area (Å²) >= 11 is 0. The lowest BCUT2D eigenvalue weighted by Gasteiger charge is -2.61. The van der Waals surface area contributed by atoms with E-state index in [9.17, 15) is 0 Å². The van der Waals surface area contributed by atoms with Crippen LogP contribution in [-0.4, -0.2) is 118 Å². The maximum atomic E-state index is 2.62. The van der Waals surface area contributed by atoms with Gasteiger partial charge in [-0.2, -0.15) is 0 Å². The minimum atomic E-state index is 1.17.